The molecule has 7 unspecified atom stereocenters. The molecular formula is C27H47N3O3S. The van der Waals surface area contributed by atoms with E-state index in [4.69, 9.17) is 0 Å². The number of carbonyl (C=O) groups is 1. The second-order valence-corrected chi connectivity index (χ2v) is 14.9. The first-order valence-corrected chi connectivity index (χ1v) is 16.1. The maximum atomic E-state index is 13.5. The molecule has 3 N–H and O–H groups in total. The minimum Gasteiger partial charge on any atom is -0.335 e. The number of urea groups is 1. The molecule has 7 atom stereocenters. The number of sulfone groups is 1. The maximum absolute atomic E-state index is 13.5. The smallest absolute Gasteiger partial charge is 0.315 e. The molecule has 4 aliphatic carbocycles. The first-order chi connectivity index (χ1) is 16.4. The van der Waals surface area contributed by atoms with Gasteiger partial charge in [-0.25, -0.2) is 13.2 Å². The Morgan fingerprint density at radius 1 is 0.882 bits per heavy atom. The minimum atomic E-state index is -3.08. The quantitative estimate of drug-likeness (QED) is 0.495. The lowest BCUT2D eigenvalue weighted by Gasteiger charge is -2.38. The van der Waals surface area contributed by atoms with Gasteiger partial charge in [-0.15, -0.1) is 0 Å². The van der Waals surface area contributed by atoms with E-state index >= 15 is 0 Å². The average molecular weight is 494 g/mol. The zero-order chi connectivity index (χ0) is 23.7. The Labute approximate surface area is 207 Å². The van der Waals surface area contributed by atoms with Crippen LogP contribution in [0.3, 0.4) is 0 Å². The van der Waals surface area contributed by atoms with Gasteiger partial charge in [0.05, 0.1) is 11.0 Å². The van der Waals surface area contributed by atoms with Gasteiger partial charge < -0.3 is 16.0 Å². The normalized spacial score (nSPS) is 38.1. The molecule has 194 valence electrons. The zero-order valence-corrected chi connectivity index (χ0v) is 22.0. The summed E-state index contributed by atoms with van der Waals surface area (Å²) in [5.74, 6) is 3.69. The lowest BCUT2D eigenvalue weighted by molar-refractivity contribution is 0.199. The van der Waals surface area contributed by atoms with Gasteiger partial charge in [-0.2, -0.15) is 0 Å². The molecule has 0 aromatic rings. The molecule has 34 heavy (non-hydrogen) atoms. The van der Waals surface area contributed by atoms with E-state index < -0.39 is 9.84 Å². The summed E-state index contributed by atoms with van der Waals surface area (Å²) in [6.07, 6.45) is 14.3. The van der Waals surface area contributed by atoms with Crippen molar-refractivity contribution in [1.29, 1.82) is 0 Å². The van der Waals surface area contributed by atoms with Crippen LogP contribution in [-0.4, -0.2) is 50.6 Å². The number of hydrogen-bond acceptors (Lipinski definition) is 4. The van der Waals surface area contributed by atoms with Gasteiger partial charge in [0, 0.05) is 12.1 Å². The van der Waals surface area contributed by atoms with Crippen molar-refractivity contribution in [2.75, 3.05) is 18.8 Å². The molecule has 1 aliphatic heterocycles. The summed E-state index contributed by atoms with van der Waals surface area (Å²) >= 11 is 0. The number of rotatable bonds is 7. The molecule has 1 saturated heterocycles. The van der Waals surface area contributed by atoms with Crippen LogP contribution in [0.25, 0.3) is 0 Å². The van der Waals surface area contributed by atoms with Crippen molar-refractivity contribution in [3.05, 3.63) is 0 Å². The van der Waals surface area contributed by atoms with Crippen molar-refractivity contribution < 1.29 is 13.2 Å². The van der Waals surface area contributed by atoms with Crippen molar-refractivity contribution in [1.82, 2.24) is 16.0 Å². The Balaban J connectivity index is 1.14. The van der Waals surface area contributed by atoms with Crippen molar-refractivity contribution in [3.8, 4) is 0 Å². The van der Waals surface area contributed by atoms with Crippen molar-refractivity contribution in [2.45, 2.75) is 108 Å². The van der Waals surface area contributed by atoms with Gasteiger partial charge in [-0.3, -0.25) is 0 Å². The Morgan fingerprint density at radius 2 is 1.62 bits per heavy atom. The SMILES string of the molecule is CC(NC(=O)NC1CCC(S(=O)(=O)CC2CCC3CNCC3C2)CC1C1CC1)C1CCCCC1. The van der Waals surface area contributed by atoms with Gasteiger partial charge in [0.2, 0.25) is 0 Å². The number of carbonyl (C=O) groups excluding carboxylic acids is 1. The molecule has 0 aromatic carbocycles. The molecule has 6 nitrogen and oxygen atoms in total. The molecule has 0 radical (unpaired) electrons. The van der Waals surface area contributed by atoms with E-state index in [0.29, 0.717) is 41.8 Å². The molecule has 5 rings (SSSR count). The van der Waals surface area contributed by atoms with Crippen LogP contribution in [0, 0.1) is 35.5 Å². The van der Waals surface area contributed by atoms with Crippen LogP contribution in [0.5, 0.6) is 0 Å². The van der Waals surface area contributed by atoms with Crippen molar-refractivity contribution >= 4 is 15.9 Å². The van der Waals surface area contributed by atoms with Crippen LogP contribution >= 0.6 is 0 Å². The second kappa shape index (κ2) is 10.7. The van der Waals surface area contributed by atoms with Crippen LogP contribution in [0.2, 0.25) is 0 Å². The third-order valence-electron chi connectivity index (χ3n) is 10.1. The van der Waals surface area contributed by atoms with Crippen LogP contribution < -0.4 is 16.0 Å². The van der Waals surface area contributed by atoms with E-state index in [1.807, 2.05) is 0 Å². The maximum Gasteiger partial charge on any atom is 0.315 e. The van der Waals surface area contributed by atoms with E-state index in [-0.39, 0.29) is 23.4 Å². The number of nitrogens with one attached hydrogen (secondary N) is 3. The third-order valence-corrected chi connectivity index (χ3v) is 12.5. The second-order valence-electron chi connectivity index (χ2n) is 12.5. The van der Waals surface area contributed by atoms with Crippen LogP contribution in [-0.2, 0) is 9.84 Å². The van der Waals surface area contributed by atoms with E-state index in [2.05, 4.69) is 22.9 Å². The first-order valence-electron chi connectivity index (χ1n) is 14.4. The fraction of sp³-hybridized carbons (Fsp3) is 0.963. The van der Waals surface area contributed by atoms with Crippen molar-refractivity contribution in [2.24, 2.45) is 35.5 Å². The Morgan fingerprint density at radius 3 is 2.38 bits per heavy atom. The molecule has 0 aromatic heterocycles. The zero-order valence-electron chi connectivity index (χ0n) is 21.1. The largest absolute Gasteiger partial charge is 0.335 e. The predicted octanol–water partition coefficient (Wildman–Crippen LogP) is 4.25. The van der Waals surface area contributed by atoms with Gasteiger partial charge in [0.1, 0.15) is 0 Å². The van der Waals surface area contributed by atoms with Gasteiger partial charge in [-0.1, -0.05) is 19.3 Å². The molecular weight excluding hydrogens is 446 g/mol. The van der Waals surface area contributed by atoms with Crippen LogP contribution in [0.4, 0.5) is 4.79 Å². The molecule has 1 heterocycles. The standard InChI is InChI=1S/C27H47N3O3S/c1-18(20-5-3-2-4-6-20)29-27(31)30-26-12-11-24(14-25(26)21-9-10-21)34(32,33)17-19-7-8-22-15-28-16-23(22)13-19/h18-26,28H,2-17H2,1H3,(H2,29,30,31). The molecule has 0 spiro atoms. The summed E-state index contributed by atoms with van der Waals surface area (Å²) in [4.78, 5) is 12.8. The molecule has 2 amide bonds. The number of fused-ring (bicyclic) bond motifs is 1. The Bertz CT molecular complexity index is 808. The Hall–Kier alpha value is -0.820. The summed E-state index contributed by atoms with van der Waals surface area (Å²) in [5.41, 5.74) is 0. The molecule has 4 saturated carbocycles. The van der Waals surface area contributed by atoms with Gasteiger partial charge >= 0.3 is 6.03 Å². The van der Waals surface area contributed by atoms with E-state index in [1.54, 1.807) is 0 Å². The number of hydrogen-bond donors (Lipinski definition) is 3. The molecule has 7 heteroatoms. The van der Waals surface area contributed by atoms with E-state index in [9.17, 15) is 13.2 Å². The monoisotopic (exact) mass is 493 g/mol. The van der Waals surface area contributed by atoms with Crippen LogP contribution in [0.15, 0.2) is 0 Å². The third kappa shape index (κ3) is 5.93. The average Bonchev–Trinajstić information content (AvgIpc) is 3.56. The van der Waals surface area contributed by atoms with Gasteiger partial charge in [0.25, 0.3) is 0 Å². The summed E-state index contributed by atoms with van der Waals surface area (Å²) in [7, 11) is -3.08. The van der Waals surface area contributed by atoms with Crippen molar-refractivity contribution in [3.63, 3.8) is 0 Å². The summed E-state index contributed by atoms with van der Waals surface area (Å²) in [6.45, 7) is 4.34. The highest BCUT2D eigenvalue weighted by Gasteiger charge is 2.45. The summed E-state index contributed by atoms with van der Waals surface area (Å²) in [5, 5.41) is 9.79. The first kappa shape index (κ1) is 24.9. The van der Waals surface area contributed by atoms with Crippen LogP contribution in [0.1, 0.15) is 90.4 Å². The summed E-state index contributed by atoms with van der Waals surface area (Å²) in [6, 6.07) is 0.288. The lowest BCUT2D eigenvalue weighted by Crippen LogP contribution is -2.52. The predicted molar refractivity (Wildman–Crippen MR) is 136 cm³/mol. The fourth-order valence-electron chi connectivity index (χ4n) is 7.90. The van der Waals surface area contributed by atoms with Gasteiger partial charge in [0.15, 0.2) is 9.84 Å². The highest BCUT2D eigenvalue weighted by molar-refractivity contribution is 7.92. The van der Waals surface area contributed by atoms with E-state index in [0.717, 1.165) is 44.7 Å². The summed E-state index contributed by atoms with van der Waals surface area (Å²) < 4.78 is 26.9. The lowest BCUT2D eigenvalue weighted by atomic mass is 9.76. The Kier molecular flexibility index (Phi) is 7.79. The highest BCUT2D eigenvalue weighted by atomic mass is 32.2. The molecule has 5 fully saturated rings. The van der Waals surface area contributed by atoms with E-state index in [1.165, 1.54) is 51.4 Å². The molecule has 5 aliphatic rings. The topological polar surface area (TPSA) is 87.3 Å². The fourth-order valence-corrected chi connectivity index (χ4v) is 10.1. The minimum absolute atomic E-state index is 0.0445. The van der Waals surface area contributed by atoms with Gasteiger partial charge in [-0.05, 0) is 120 Å². The number of amides is 2. The highest BCUT2D eigenvalue weighted by Crippen LogP contribution is 2.46. The molecule has 0 bridgehead atoms.